The maximum Gasteiger partial charge on any atom is 0.410 e. The van der Waals surface area contributed by atoms with Gasteiger partial charge in [0.2, 0.25) is 17.7 Å². The van der Waals surface area contributed by atoms with Crippen LogP contribution < -0.4 is 16.0 Å². The third kappa shape index (κ3) is 11.0. The van der Waals surface area contributed by atoms with Crippen LogP contribution in [0.25, 0.3) is 0 Å². The van der Waals surface area contributed by atoms with E-state index >= 15 is 0 Å². The molecule has 0 aromatic heterocycles. The summed E-state index contributed by atoms with van der Waals surface area (Å²) in [5.41, 5.74) is 0.794. The van der Waals surface area contributed by atoms with Gasteiger partial charge in [0.15, 0.2) is 0 Å². The largest absolute Gasteiger partial charge is 0.445 e. The molecule has 5 N–H and O–H groups in total. The zero-order valence-corrected chi connectivity index (χ0v) is 24.6. The van der Waals surface area contributed by atoms with Gasteiger partial charge in [-0.05, 0) is 30.7 Å². The highest BCUT2D eigenvalue weighted by Crippen LogP contribution is 2.39. The van der Waals surface area contributed by atoms with E-state index in [9.17, 15) is 33.5 Å². The van der Waals surface area contributed by atoms with Crippen molar-refractivity contribution in [3.63, 3.8) is 0 Å². The second-order valence-electron chi connectivity index (χ2n) is 10.2. The Morgan fingerprint density at radius 3 is 1.97 bits per heavy atom. The Bertz CT molecular complexity index is 1010. The van der Waals surface area contributed by atoms with E-state index in [1.54, 1.807) is 34.6 Å². The van der Waals surface area contributed by atoms with Gasteiger partial charge in [-0.25, -0.2) is 4.79 Å². The first-order chi connectivity index (χ1) is 18.1. The molecule has 0 aliphatic carbocycles. The van der Waals surface area contributed by atoms with Gasteiger partial charge >= 0.3 is 13.7 Å². The minimum absolute atomic E-state index is 0.0367. The molecule has 1 rings (SSSR count). The number of ether oxygens (including phenoxy) is 1. The zero-order chi connectivity index (χ0) is 29.9. The van der Waals surface area contributed by atoms with Crippen LogP contribution in [-0.4, -0.2) is 69.5 Å². The third-order valence-electron chi connectivity index (χ3n) is 6.12. The van der Waals surface area contributed by atoms with Crippen molar-refractivity contribution in [2.45, 2.75) is 84.9 Å². The molecule has 0 fully saturated rings. The molecule has 220 valence electrons. The summed E-state index contributed by atoms with van der Waals surface area (Å²) in [6, 6.07) is 6.06. The Balaban J connectivity index is 2.97. The minimum atomic E-state index is -4.56. The maximum atomic E-state index is 13.3. The van der Waals surface area contributed by atoms with Crippen LogP contribution in [0, 0.1) is 11.8 Å². The highest BCUT2D eigenvalue weighted by Gasteiger charge is 2.36. The molecule has 4 atom stereocenters. The Kier molecular flexibility index (Phi) is 13.6. The number of rotatable bonds is 14. The number of nitrogens with zero attached hydrogens (tertiary/aromatic N) is 1. The lowest BCUT2D eigenvalue weighted by Gasteiger charge is -2.32. The number of nitrogens with one attached hydrogen (secondary N) is 3. The van der Waals surface area contributed by atoms with Gasteiger partial charge in [-0.1, -0.05) is 71.4 Å². The van der Waals surface area contributed by atoms with Crippen molar-refractivity contribution in [3.8, 4) is 0 Å². The molecule has 0 radical (unpaired) electrons. The van der Waals surface area contributed by atoms with Crippen LogP contribution in [0.3, 0.4) is 0 Å². The summed E-state index contributed by atoms with van der Waals surface area (Å²) in [7, 11) is -3.11. The van der Waals surface area contributed by atoms with Crippen LogP contribution in [0.15, 0.2) is 30.3 Å². The molecule has 4 amide bonds. The number of amides is 4. The van der Waals surface area contributed by atoms with E-state index < -0.39 is 55.3 Å². The number of hydrogen-bond donors (Lipinski definition) is 5. The average molecular weight is 571 g/mol. The number of likely N-dealkylation sites (N-methyl/N-ethyl adjacent to an activating group) is 1. The average Bonchev–Trinajstić information content (AvgIpc) is 2.84. The molecule has 39 heavy (non-hydrogen) atoms. The van der Waals surface area contributed by atoms with E-state index in [2.05, 4.69) is 16.0 Å². The SMILES string of the molecule is CCC[C@H](NC(=O)[C@@H](NC(=O)[C@H](C(C)C)N(C)C(=O)OCc1ccccc1)C(C)C)C(=O)N[C@@H](C)P(=O)(O)O. The Morgan fingerprint density at radius 2 is 1.49 bits per heavy atom. The summed E-state index contributed by atoms with van der Waals surface area (Å²) < 4.78 is 16.8. The Morgan fingerprint density at radius 1 is 0.897 bits per heavy atom. The Hall–Kier alpha value is -2.95. The van der Waals surface area contributed by atoms with E-state index in [0.717, 1.165) is 5.56 Å². The molecule has 0 bridgehead atoms. The first-order valence-corrected chi connectivity index (χ1v) is 14.7. The number of carbonyl (C=O) groups excluding carboxylic acids is 4. The second kappa shape index (κ2) is 15.6. The van der Waals surface area contributed by atoms with Crippen molar-refractivity contribution in [3.05, 3.63) is 35.9 Å². The maximum absolute atomic E-state index is 13.3. The smallest absolute Gasteiger partial charge is 0.410 e. The summed E-state index contributed by atoms with van der Waals surface area (Å²) in [4.78, 5) is 71.6. The van der Waals surface area contributed by atoms with E-state index in [-0.39, 0.29) is 24.9 Å². The summed E-state index contributed by atoms with van der Waals surface area (Å²) in [5, 5.41) is 7.54. The fourth-order valence-electron chi connectivity index (χ4n) is 3.84. The van der Waals surface area contributed by atoms with Gasteiger partial charge in [0, 0.05) is 7.05 Å². The van der Waals surface area contributed by atoms with E-state index in [1.807, 2.05) is 30.3 Å². The number of carbonyl (C=O) groups is 4. The van der Waals surface area contributed by atoms with Crippen LogP contribution in [-0.2, 0) is 30.3 Å². The van der Waals surface area contributed by atoms with Gasteiger partial charge in [-0.2, -0.15) is 0 Å². The lowest BCUT2D eigenvalue weighted by molar-refractivity contribution is -0.135. The molecule has 0 unspecified atom stereocenters. The molecular weight excluding hydrogens is 527 g/mol. The molecule has 0 aliphatic rings. The van der Waals surface area contributed by atoms with Gasteiger partial charge in [-0.15, -0.1) is 0 Å². The summed E-state index contributed by atoms with van der Waals surface area (Å²) in [6.45, 7) is 9.97. The first-order valence-electron chi connectivity index (χ1n) is 13.0. The predicted molar refractivity (Wildman–Crippen MR) is 146 cm³/mol. The van der Waals surface area contributed by atoms with E-state index in [1.165, 1.54) is 18.9 Å². The van der Waals surface area contributed by atoms with Crippen LogP contribution in [0.1, 0.15) is 59.9 Å². The summed E-state index contributed by atoms with van der Waals surface area (Å²) in [5.74, 6) is -4.06. The summed E-state index contributed by atoms with van der Waals surface area (Å²) in [6.07, 6.45) is 0.0266. The minimum Gasteiger partial charge on any atom is -0.445 e. The molecule has 0 saturated heterocycles. The highest BCUT2D eigenvalue weighted by molar-refractivity contribution is 7.52. The van der Waals surface area contributed by atoms with Crippen molar-refractivity contribution in [1.29, 1.82) is 0 Å². The van der Waals surface area contributed by atoms with Crippen molar-refractivity contribution in [2.24, 2.45) is 11.8 Å². The molecule has 0 saturated carbocycles. The fraction of sp³-hybridized carbons (Fsp3) is 0.615. The fourth-order valence-corrected chi connectivity index (χ4v) is 4.14. The van der Waals surface area contributed by atoms with Crippen LogP contribution >= 0.6 is 7.60 Å². The van der Waals surface area contributed by atoms with Crippen LogP contribution in [0.4, 0.5) is 4.79 Å². The molecule has 1 aromatic rings. The molecule has 13 heteroatoms. The van der Waals surface area contributed by atoms with Gasteiger partial charge in [-0.3, -0.25) is 23.8 Å². The number of hydrogen-bond acceptors (Lipinski definition) is 6. The van der Waals surface area contributed by atoms with Gasteiger partial charge < -0.3 is 30.5 Å². The normalized spacial score (nSPS) is 14.6. The van der Waals surface area contributed by atoms with Crippen molar-refractivity contribution < 1.29 is 38.3 Å². The van der Waals surface area contributed by atoms with Crippen molar-refractivity contribution in [2.75, 3.05) is 7.05 Å². The number of benzene rings is 1. The molecular formula is C26H43N4O8P. The van der Waals surface area contributed by atoms with E-state index in [4.69, 9.17) is 4.74 Å². The lowest BCUT2D eigenvalue weighted by atomic mass is 9.98. The predicted octanol–water partition coefficient (Wildman–Crippen LogP) is 2.35. The third-order valence-corrected chi connectivity index (χ3v) is 7.26. The molecule has 0 heterocycles. The monoisotopic (exact) mass is 570 g/mol. The molecule has 1 aromatic carbocycles. The molecule has 0 aliphatic heterocycles. The lowest BCUT2D eigenvalue weighted by Crippen LogP contribution is -2.59. The highest BCUT2D eigenvalue weighted by atomic mass is 31.2. The topological polar surface area (TPSA) is 174 Å². The molecule has 0 spiro atoms. The summed E-state index contributed by atoms with van der Waals surface area (Å²) >= 11 is 0. The quantitative estimate of drug-likeness (QED) is 0.212. The molecule has 12 nitrogen and oxygen atoms in total. The van der Waals surface area contributed by atoms with Crippen molar-refractivity contribution >= 4 is 31.4 Å². The standard InChI is InChI=1S/C26H43N4O8P/c1-8-12-20(23(31)27-18(6)39(35,36)37)28-24(32)21(16(2)3)29-25(33)22(17(4)5)30(7)26(34)38-15-19-13-10-9-11-14-19/h9-11,13-14,16-18,20-22H,8,12,15H2,1-7H3,(H,27,31)(H,28,32)(H,29,33)(H2,35,36,37)/t18-,20+,21+,22+/m1/s1. The van der Waals surface area contributed by atoms with Crippen LogP contribution in [0.2, 0.25) is 0 Å². The van der Waals surface area contributed by atoms with Gasteiger partial charge in [0.1, 0.15) is 30.5 Å². The second-order valence-corrected chi connectivity index (χ2v) is 12.1. The van der Waals surface area contributed by atoms with E-state index in [0.29, 0.717) is 6.42 Å². The van der Waals surface area contributed by atoms with Gasteiger partial charge in [0.05, 0.1) is 0 Å². The van der Waals surface area contributed by atoms with Gasteiger partial charge in [0.25, 0.3) is 0 Å². The Labute approximate surface area is 230 Å². The first kappa shape index (κ1) is 34.1. The van der Waals surface area contributed by atoms with Crippen molar-refractivity contribution in [1.82, 2.24) is 20.9 Å². The van der Waals surface area contributed by atoms with Crippen LogP contribution in [0.5, 0.6) is 0 Å². The zero-order valence-electron chi connectivity index (χ0n) is 23.7.